The molecule has 0 aliphatic carbocycles. The molecule has 0 fully saturated rings. The van der Waals surface area contributed by atoms with Gasteiger partial charge in [-0.15, -0.1) is 0 Å². The number of halogens is 2. The van der Waals surface area contributed by atoms with Gasteiger partial charge in [0.05, 0.1) is 0 Å². The third-order valence-electron chi connectivity index (χ3n) is 2.83. The lowest BCUT2D eigenvalue weighted by atomic mass is 10.1. The van der Waals surface area contributed by atoms with Crippen LogP contribution in [0.1, 0.15) is 26.4 Å². The summed E-state index contributed by atoms with van der Waals surface area (Å²) in [5.74, 6) is -1.60. The molecule has 2 aromatic rings. The summed E-state index contributed by atoms with van der Waals surface area (Å²) in [7, 11) is 1.51. The van der Waals surface area contributed by atoms with Crippen molar-refractivity contribution in [1.82, 2.24) is 4.57 Å². The van der Waals surface area contributed by atoms with Crippen molar-refractivity contribution in [2.75, 3.05) is 0 Å². The summed E-state index contributed by atoms with van der Waals surface area (Å²) in [5.41, 5.74) is 0.438. The molecule has 1 heterocycles. The number of carbonyl (C=O) groups excluding carboxylic acids is 1. The summed E-state index contributed by atoms with van der Waals surface area (Å²) < 4.78 is 29.5. The minimum atomic E-state index is -2.93. The van der Waals surface area contributed by atoms with Crippen LogP contribution < -0.4 is 4.74 Å². The quantitative estimate of drug-likeness (QED) is 0.861. The number of aryl methyl sites for hydroxylation is 1. The van der Waals surface area contributed by atoms with E-state index in [1.807, 2.05) is 0 Å². The van der Waals surface area contributed by atoms with E-state index in [2.05, 4.69) is 4.74 Å². The van der Waals surface area contributed by atoms with Crippen molar-refractivity contribution in [3.8, 4) is 5.75 Å². The highest BCUT2D eigenvalue weighted by Gasteiger charge is 2.16. The third-order valence-corrected chi connectivity index (χ3v) is 2.83. The van der Waals surface area contributed by atoms with Gasteiger partial charge in [-0.1, -0.05) is 0 Å². The molecule has 0 bridgehead atoms. The van der Waals surface area contributed by atoms with Crippen LogP contribution in [0.4, 0.5) is 8.78 Å². The minimum absolute atomic E-state index is 0.0176. The largest absolute Gasteiger partial charge is 0.477 e. The molecule has 1 aromatic carbocycles. The number of rotatable bonds is 5. The maximum atomic E-state index is 12.2. The second kappa shape index (κ2) is 5.74. The van der Waals surface area contributed by atoms with Gasteiger partial charge in [0.15, 0.2) is 5.78 Å². The van der Waals surface area contributed by atoms with Gasteiger partial charge in [0.2, 0.25) is 0 Å². The molecule has 0 aliphatic heterocycles. The number of hydrogen-bond donors (Lipinski definition) is 1. The number of carboxylic acid groups (broad SMARTS) is 1. The standard InChI is InChI=1S/C14H11F2NO4/c1-17-7-9(6-11(17)13(19)20)12(18)8-2-4-10(5-3-8)21-14(15)16/h2-7,14H,1H3,(H,19,20). The molecule has 2 rings (SSSR count). The summed E-state index contributed by atoms with van der Waals surface area (Å²) in [5, 5.41) is 8.93. The molecule has 21 heavy (non-hydrogen) atoms. The molecule has 7 heteroatoms. The number of benzene rings is 1. The van der Waals surface area contributed by atoms with E-state index in [1.54, 1.807) is 0 Å². The number of aromatic nitrogens is 1. The molecule has 1 N–H and O–H groups in total. The molecule has 0 amide bonds. The van der Waals surface area contributed by atoms with Crippen LogP contribution in [0.3, 0.4) is 0 Å². The Bertz CT molecular complexity index is 677. The molecule has 0 saturated heterocycles. The number of ketones is 1. The summed E-state index contributed by atoms with van der Waals surface area (Å²) in [6.07, 6.45) is 1.40. The molecular weight excluding hydrogens is 284 g/mol. The Morgan fingerprint density at radius 1 is 1.19 bits per heavy atom. The highest BCUT2D eigenvalue weighted by molar-refractivity contribution is 6.10. The van der Waals surface area contributed by atoms with Crippen LogP contribution in [-0.2, 0) is 7.05 Å². The summed E-state index contributed by atoms with van der Waals surface area (Å²) in [4.78, 5) is 23.1. The van der Waals surface area contributed by atoms with Gasteiger partial charge in [0, 0.05) is 24.4 Å². The first kappa shape index (κ1) is 14.7. The molecular formula is C14H11F2NO4. The Labute approximate surface area is 118 Å². The van der Waals surface area contributed by atoms with E-state index >= 15 is 0 Å². The second-order valence-electron chi connectivity index (χ2n) is 4.26. The van der Waals surface area contributed by atoms with E-state index in [0.717, 1.165) is 0 Å². The predicted octanol–water partition coefficient (Wildman–Crippen LogP) is 2.56. The van der Waals surface area contributed by atoms with Crippen LogP contribution in [0.15, 0.2) is 36.5 Å². The summed E-state index contributed by atoms with van der Waals surface area (Å²) >= 11 is 0. The van der Waals surface area contributed by atoms with Gasteiger partial charge in [-0.05, 0) is 30.3 Å². The number of hydrogen-bond acceptors (Lipinski definition) is 3. The SMILES string of the molecule is Cn1cc(C(=O)c2ccc(OC(F)F)cc2)cc1C(=O)O. The number of nitrogens with zero attached hydrogens (tertiary/aromatic N) is 1. The van der Waals surface area contributed by atoms with Crippen LogP contribution in [-0.4, -0.2) is 28.0 Å². The Hall–Kier alpha value is -2.70. The van der Waals surface area contributed by atoms with Crippen LogP contribution in [0, 0.1) is 0 Å². The molecule has 1 aromatic heterocycles. The fourth-order valence-corrected chi connectivity index (χ4v) is 1.86. The zero-order valence-electron chi connectivity index (χ0n) is 10.9. The zero-order valence-corrected chi connectivity index (χ0v) is 10.9. The topological polar surface area (TPSA) is 68.5 Å². The molecule has 0 spiro atoms. The van der Waals surface area contributed by atoms with Gasteiger partial charge in [-0.25, -0.2) is 4.79 Å². The Morgan fingerprint density at radius 2 is 1.81 bits per heavy atom. The van der Waals surface area contributed by atoms with Crippen molar-refractivity contribution >= 4 is 11.8 Å². The van der Waals surface area contributed by atoms with Gasteiger partial charge < -0.3 is 14.4 Å². The monoisotopic (exact) mass is 295 g/mol. The van der Waals surface area contributed by atoms with Crippen LogP contribution in [0.5, 0.6) is 5.75 Å². The molecule has 110 valence electrons. The summed E-state index contributed by atoms with van der Waals surface area (Å²) in [6, 6.07) is 6.44. The highest BCUT2D eigenvalue weighted by Crippen LogP contribution is 2.18. The van der Waals surface area contributed by atoms with E-state index in [4.69, 9.17) is 5.11 Å². The van der Waals surface area contributed by atoms with Gasteiger partial charge in [0.1, 0.15) is 11.4 Å². The number of carbonyl (C=O) groups is 2. The lowest BCUT2D eigenvalue weighted by molar-refractivity contribution is -0.0498. The van der Waals surface area contributed by atoms with Crippen molar-refractivity contribution in [2.24, 2.45) is 7.05 Å². The van der Waals surface area contributed by atoms with Crippen molar-refractivity contribution in [1.29, 1.82) is 0 Å². The zero-order chi connectivity index (χ0) is 15.6. The molecule has 5 nitrogen and oxygen atoms in total. The number of carboxylic acids is 1. The Morgan fingerprint density at radius 3 is 2.29 bits per heavy atom. The van der Waals surface area contributed by atoms with Crippen LogP contribution >= 0.6 is 0 Å². The number of alkyl halides is 2. The Kier molecular flexibility index (Phi) is 4.02. The minimum Gasteiger partial charge on any atom is -0.477 e. The first-order valence-electron chi connectivity index (χ1n) is 5.87. The van der Waals surface area contributed by atoms with E-state index in [0.29, 0.717) is 0 Å². The molecule has 0 aliphatic rings. The highest BCUT2D eigenvalue weighted by atomic mass is 19.3. The molecule has 0 atom stereocenters. The lowest BCUT2D eigenvalue weighted by Gasteiger charge is -2.04. The third kappa shape index (κ3) is 3.25. The first-order valence-corrected chi connectivity index (χ1v) is 5.87. The number of ether oxygens (including phenoxy) is 1. The van der Waals surface area contributed by atoms with Crippen molar-refractivity contribution in [3.63, 3.8) is 0 Å². The fraction of sp³-hybridized carbons (Fsp3) is 0.143. The van der Waals surface area contributed by atoms with E-state index < -0.39 is 18.4 Å². The van der Waals surface area contributed by atoms with Gasteiger partial charge in [0.25, 0.3) is 0 Å². The number of aromatic carboxylic acids is 1. The second-order valence-corrected chi connectivity index (χ2v) is 4.26. The smallest absolute Gasteiger partial charge is 0.387 e. The fourth-order valence-electron chi connectivity index (χ4n) is 1.86. The van der Waals surface area contributed by atoms with E-state index in [-0.39, 0.29) is 22.6 Å². The van der Waals surface area contributed by atoms with Gasteiger partial charge in [-0.3, -0.25) is 4.79 Å². The maximum absolute atomic E-state index is 12.2. The van der Waals surface area contributed by atoms with E-state index in [1.165, 1.54) is 48.1 Å². The first-order chi connectivity index (χ1) is 9.88. The maximum Gasteiger partial charge on any atom is 0.387 e. The Balaban J connectivity index is 2.24. The van der Waals surface area contributed by atoms with Crippen molar-refractivity contribution in [2.45, 2.75) is 6.61 Å². The molecule has 0 saturated carbocycles. The normalized spacial score (nSPS) is 10.7. The summed E-state index contributed by atoms with van der Waals surface area (Å²) in [6.45, 7) is -2.93. The lowest BCUT2D eigenvalue weighted by Crippen LogP contribution is -2.03. The average Bonchev–Trinajstić information content (AvgIpc) is 2.80. The molecule has 0 radical (unpaired) electrons. The van der Waals surface area contributed by atoms with Crippen LogP contribution in [0.25, 0.3) is 0 Å². The van der Waals surface area contributed by atoms with E-state index in [9.17, 15) is 18.4 Å². The van der Waals surface area contributed by atoms with Crippen LogP contribution in [0.2, 0.25) is 0 Å². The van der Waals surface area contributed by atoms with Gasteiger partial charge in [-0.2, -0.15) is 8.78 Å². The van der Waals surface area contributed by atoms with Crippen molar-refractivity contribution < 1.29 is 28.2 Å². The molecule has 0 unspecified atom stereocenters. The predicted molar refractivity (Wildman–Crippen MR) is 68.9 cm³/mol. The average molecular weight is 295 g/mol. The van der Waals surface area contributed by atoms with Crippen molar-refractivity contribution in [3.05, 3.63) is 53.3 Å². The van der Waals surface area contributed by atoms with Gasteiger partial charge >= 0.3 is 12.6 Å².